The number of benzene rings is 2. The molecule has 0 spiro atoms. The predicted octanol–water partition coefficient (Wildman–Crippen LogP) is 2.48. The van der Waals surface area contributed by atoms with Crippen molar-refractivity contribution in [3.05, 3.63) is 48.0 Å². The molecule has 2 aromatic rings. The summed E-state index contributed by atoms with van der Waals surface area (Å²) in [6, 6.07) is 13.2. The largest absolute Gasteiger partial charge is 0.394 e. The fourth-order valence-corrected chi connectivity index (χ4v) is 2.77. The summed E-state index contributed by atoms with van der Waals surface area (Å²) >= 11 is 0. The molecule has 5 nitrogen and oxygen atoms in total. The highest BCUT2D eigenvalue weighted by molar-refractivity contribution is 5.98. The Morgan fingerprint density at radius 1 is 1.08 bits per heavy atom. The van der Waals surface area contributed by atoms with Crippen molar-refractivity contribution in [3.8, 4) is 0 Å². The van der Waals surface area contributed by atoms with E-state index in [1.54, 1.807) is 6.07 Å². The maximum Gasteiger partial charge on any atom is 0.251 e. The van der Waals surface area contributed by atoms with Crippen LogP contribution in [0, 0.1) is 5.92 Å². The Hall–Kier alpha value is -2.40. The summed E-state index contributed by atoms with van der Waals surface area (Å²) in [5.74, 6) is 0.0306. The first-order chi connectivity index (χ1) is 12.0. The van der Waals surface area contributed by atoms with Crippen LogP contribution in [0.5, 0.6) is 0 Å². The molecule has 0 aliphatic rings. The highest BCUT2D eigenvalue weighted by Crippen LogP contribution is 2.15. The summed E-state index contributed by atoms with van der Waals surface area (Å²) in [6.07, 6.45) is 0.916. The molecule has 2 rings (SSSR count). The maximum atomic E-state index is 12.2. The molecule has 0 aliphatic carbocycles. The molecule has 0 bridgehead atoms. The van der Waals surface area contributed by atoms with Gasteiger partial charge in [-0.3, -0.25) is 9.59 Å². The van der Waals surface area contributed by atoms with Crippen LogP contribution < -0.4 is 10.6 Å². The second-order valence-electron chi connectivity index (χ2n) is 6.64. The van der Waals surface area contributed by atoms with Crippen molar-refractivity contribution in [3.63, 3.8) is 0 Å². The number of hydrogen-bond acceptors (Lipinski definition) is 3. The van der Waals surface area contributed by atoms with Crippen LogP contribution in [0.1, 0.15) is 37.0 Å². The number of hydrogen-bond donors (Lipinski definition) is 3. The number of fused-ring (bicyclic) bond motifs is 1. The molecule has 1 atom stereocenters. The fourth-order valence-electron chi connectivity index (χ4n) is 2.77. The van der Waals surface area contributed by atoms with Gasteiger partial charge in [0.2, 0.25) is 5.91 Å². The zero-order chi connectivity index (χ0) is 18.2. The van der Waals surface area contributed by atoms with Crippen LogP contribution in [0.25, 0.3) is 10.8 Å². The summed E-state index contributed by atoms with van der Waals surface area (Å²) in [5.41, 5.74) is 0.576. The third-order valence-electron chi connectivity index (χ3n) is 3.99. The number of nitrogens with one attached hydrogen (secondary N) is 2. The van der Waals surface area contributed by atoms with Gasteiger partial charge in [-0.1, -0.05) is 44.2 Å². The SMILES string of the molecule is CC(C)CC(CO)NC(=O)CCNC(=O)c1ccc2ccccc2c1. The second-order valence-corrected chi connectivity index (χ2v) is 6.64. The molecular formula is C20H26N2O3. The van der Waals surface area contributed by atoms with Gasteiger partial charge in [0.25, 0.3) is 5.91 Å². The number of rotatable bonds is 8. The van der Waals surface area contributed by atoms with E-state index in [-0.39, 0.29) is 37.4 Å². The maximum absolute atomic E-state index is 12.2. The Balaban J connectivity index is 1.81. The zero-order valence-corrected chi connectivity index (χ0v) is 14.8. The fraction of sp³-hybridized carbons (Fsp3) is 0.400. The van der Waals surface area contributed by atoms with E-state index in [1.165, 1.54) is 0 Å². The van der Waals surface area contributed by atoms with Gasteiger partial charge in [0.1, 0.15) is 0 Å². The first kappa shape index (κ1) is 18.9. The number of carbonyl (C=O) groups is 2. The average molecular weight is 342 g/mol. The molecule has 0 saturated carbocycles. The minimum absolute atomic E-state index is 0.0760. The molecule has 3 N–H and O–H groups in total. The summed E-state index contributed by atoms with van der Waals surface area (Å²) < 4.78 is 0. The van der Waals surface area contributed by atoms with Crippen molar-refractivity contribution in [2.24, 2.45) is 5.92 Å². The molecule has 134 valence electrons. The van der Waals surface area contributed by atoms with Gasteiger partial charge in [-0.25, -0.2) is 0 Å². The van der Waals surface area contributed by atoms with E-state index in [1.807, 2.05) is 50.2 Å². The highest BCUT2D eigenvalue weighted by Gasteiger charge is 2.13. The topological polar surface area (TPSA) is 78.4 Å². The lowest BCUT2D eigenvalue weighted by molar-refractivity contribution is -0.122. The van der Waals surface area contributed by atoms with Crippen LogP contribution in [-0.4, -0.2) is 36.1 Å². The van der Waals surface area contributed by atoms with Crippen molar-refractivity contribution >= 4 is 22.6 Å². The average Bonchev–Trinajstić information content (AvgIpc) is 2.60. The van der Waals surface area contributed by atoms with Gasteiger partial charge in [0, 0.05) is 18.5 Å². The van der Waals surface area contributed by atoms with Crippen LogP contribution in [0.2, 0.25) is 0 Å². The minimum Gasteiger partial charge on any atom is -0.394 e. The van der Waals surface area contributed by atoms with Crippen molar-refractivity contribution in [2.45, 2.75) is 32.7 Å². The van der Waals surface area contributed by atoms with Crippen molar-refractivity contribution < 1.29 is 14.7 Å². The first-order valence-corrected chi connectivity index (χ1v) is 8.67. The van der Waals surface area contributed by atoms with Crippen molar-refractivity contribution in [1.82, 2.24) is 10.6 Å². The van der Waals surface area contributed by atoms with Crippen LogP contribution in [-0.2, 0) is 4.79 Å². The second kappa shape index (κ2) is 9.18. The first-order valence-electron chi connectivity index (χ1n) is 8.67. The molecule has 2 aromatic carbocycles. The normalized spacial score (nSPS) is 12.2. The van der Waals surface area contributed by atoms with Gasteiger partial charge >= 0.3 is 0 Å². The Morgan fingerprint density at radius 2 is 1.80 bits per heavy atom. The molecule has 2 amide bonds. The zero-order valence-electron chi connectivity index (χ0n) is 14.8. The monoisotopic (exact) mass is 342 g/mol. The smallest absolute Gasteiger partial charge is 0.251 e. The lowest BCUT2D eigenvalue weighted by Crippen LogP contribution is -2.40. The molecule has 25 heavy (non-hydrogen) atoms. The number of aliphatic hydroxyl groups is 1. The molecule has 5 heteroatoms. The molecule has 0 fully saturated rings. The van der Waals surface area contributed by atoms with E-state index in [2.05, 4.69) is 10.6 Å². The van der Waals surface area contributed by atoms with Crippen LogP contribution in [0.3, 0.4) is 0 Å². The van der Waals surface area contributed by atoms with Gasteiger partial charge in [0.15, 0.2) is 0 Å². The minimum atomic E-state index is -0.233. The lowest BCUT2D eigenvalue weighted by atomic mass is 10.0. The van der Waals surface area contributed by atoms with Gasteiger partial charge in [-0.15, -0.1) is 0 Å². The third-order valence-corrected chi connectivity index (χ3v) is 3.99. The molecule has 0 aliphatic heterocycles. The molecule has 0 saturated heterocycles. The summed E-state index contributed by atoms with van der Waals surface area (Å²) in [7, 11) is 0. The molecule has 0 radical (unpaired) electrons. The van der Waals surface area contributed by atoms with E-state index in [9.17, 15) is 14.7 Å². The molecular weight excluding hydrogens is 316 g/mol. The summed E-state index contributed by atoms with van der Waals surface area (Å²) in [5, 5.41) is 16.9. The standard InChI is InChI=1S/C20H26N2O3/c1-14(2)11-18(13-23)22-19(24)9-10-21-20(25)17-8-7-15-5-3-4-6-16(15)12-17/h3-8,12,14,18,23H,9-11,13H2,1-2H3,(H,21,25)(H,22,24). The Kier molecular flexibility index (Phi) is 6.95. The quantitative estimate of drug-likeness (QED) is 0.690. The summed E-state index contributed by atoms with van der Waals surface area (Å²) in [6.45, 7) is 4.27. The Bertz CT molecular complexity index is 728. The predicted molar refractivity (Wildman–Crippen MR) is 99.4 cm³/mol. The van der Waals surface area contributed by atoms with E-state index in [0.29, 0.717) is 11.5 Å². The Labute approximate surface area is 148 Å². The third kappa shape index (κ3) is 5.87. The van der Waals surface area contributed by atoms with Crippen molar-refractivity contribution in [1.29, 1.82) is 0 Å². The molecule has 1 unspecified atom stereocenters. The van der Waals surface area contributed by atoms with E-state index >= 15 is 0 Å². The summed E-state index contributed by atoms with van der Waals surface area (Å²) in [4.78, 5) is 24.1. The van der Waals surface area contributed by atoms with Gasteiger partial charge in [-0.2, -0.15) is 0 Å². The van der Waals surface area contributed by atoms with Crippen molar-refractivity contribution in [2.75, 3.05) is 13.2 Å². The lowest BCUT2D eigenvalue weighted by Gasteiger charge is -2.18. The number of amides is 2. The molecule has 0 aromatic heterocycles. The van der Waals surface area contributed by atoms with Gasteiger partial charge in [0.05, 0.1) is 12.6 Å². The van der Waals surface area contributed by atoms with Gasteiger partial charge in [-0.05, 0) is 35.2 Å². The van der Waals surface area contributed by atoms with Crippen LogP contribution in [0.15, 0.2) is 42.5 Å². The van der Waals surface area contributed by atoms with Crippen LogP contribution in [0.4, 0.5) is 0 Å². The number of carbonyl (C=O) groups excluding carboxylic acids is 2. The highest BCUT2D eigenvalue weighted by atomic mass is 16.3. The van der Waals surface area contributed by atoms with Gasteiger partial charge < -0.3 is 15.7 Å². The number of aliphatic hydroxyl groups excluding tert-OH is 1. The van der Waals surface area contributed by atoms with E-state index in [4.69, 9.17) is 0 Å². The van der Waals surface area contributed by atoms with E-state index < -0.39 is 0 Å². The Morgan fingerprint density at radius 3 is 2.48 bits per heavy atom. The van der Waals surface area contributed by atoms with Crippen LogP contribution >= 0.6 is 0 Å². The molecule has 0 heterocycles. The van der Waals surface area contributed by atoms with E-state index in [0.717, 1.165) is 17.2 Å².